The van der Waals surface area contributed by atoms with Crippen LogP contribution in [0.2, 0.25) is 0 Å². The molecular formula is C5H9Cl2N. The first-order valence-electron chi connectivity index (χ1n) is 2.83. The van der Waals surface area contributed by atoms with Gasteiger partial charge in [0.15, 0.2) is 4.96 Å². The maximum Gasteiger partial charge on any atom is 0.160 e. The van der Waals surface area contributed by atoms with E-state index in [9.17, 15) is 0 Å². The third-order valence-electron chi connectivity index (χ3n) is 1.42. The van der Waals surface area contributed by atoms with E-state index in [0.29, 0.717) is 0 Å². The summed E-state index contributed by atoms with van der Waals surface area (Å²) >= 11 is 11.2. The highest BCUT2D eigenvalue weighted by atomic mass is 35.5. The van der Waals surface area contributed by atoms with Crippen molar-refractivity contribution in [1.82, 2.24) is 4.90 Å². The third kappa shape index (κ3) is 1.51. The van der Waals surface area contributed by atoms with Gasteiger partial charge in [-0.1, -0.05) is 23.2 Å². The van der Waals surface area contributed by atoms with Gasteiger partial charge in [-0.05, 0) is 12.8 Å². The number of rotatable bonds is 1. The van der Waals surface area contributed by atoms with Crippen molar-refractivity contribution in [2.45, 2.75) is 17.8 Å². The predicted molar refractivity (Wildman–Crippen MR) is 36.3 cm³/mol. The van der Waals surface area contributed by atoms with Crippen LogP contribution < -0.4 is 0 Å². The average Bonchev–Trinajstić information content (AvgIpc) is 2.12. The van der Waals surface area contributed by atoms with Crippen LogP contribution >= 0.6 is 23.2 Å². The predicted octanol–water partition coefficient (Wildman–Crippen LogP) is 1.84. The van der Waals surface area contributed by atoms with E-state index >= 15 is 0 Å². The van der Waals surface area contributed by atoms with Gasteiger partial charge < -0.3 is 0 Å². The first-order chi connectivity index (χ1) is 3.80. The molecule has 0 atom stereocenters. The topological polar surface area (TPSA) is 3.24 Å². The van der Waals surface area contributed by atoms with Crippen molar-refractivity contribution < 1.29 is 0 Å². The van der Waals surface area contributed by atoms with E-state index in [1.807, 2.05) is 0 Å². The number of nitrogens with zero attached hydrogens (tertiary/aromatic N) is 1. The van der Waals surface area contributed by atoms with Crippen LogP contribution in [0.1, 0.15) is 12.8 Å². The number of halogens is 2. The first-order valence-corrected chi connectivity index (χ1v) is 3.70. The monoisotopic (exact) mass is 153 g/mol. The molecule has 0 N–H and O–H groups in total. The molecule has 48 valence electrons. The Morgan fingerprint density at radius 1 is 1.12 bits per heavy atom. The van der Waals surface area contributed by atoms with Crippen LogP contribution in [0, 0.1) is 0 Å². The van der Waals surface area contributed by atoms with E-state index in [1.54, 1.807) is 0 Å². The highest BCUT2D eigenvalue weighted by Crippen LogP contribution is 2.16. The van der Waals surface area contributed by atoms with Crippen molar-refractivity contribution in [2.75, 3.05) is 13.1 Å². The van der Waals surface area contributed by atoms with Crippen LogP contribution in [0.25, 0.3) is 0 Å². The molecule has 0 radical (unpaired) electrons. The highest BCUT2D eigenvalue weighted by Gasteiger charge is 2.16. The highest BCUT2D eigenvalue weighted by molar-refractivity contribution is 6.43. The molecule has 1 fully saturated rings. The van der Waals surface area contributed by atoms with Crippen LogP contribution in [-0.2, 0) is 0 Å². The fourth-order valence-electron chi connectivity index (χ4n) is 0.937. The summed E-state index contributed by atoms with van der Waals surface area (Å²) in [4.78, 5) is 1.78. The number of likely N-dealkylation sites (tertiary alicyclic amines) is 1. The molecule has 1 saturated heterocycles. The zero-order chi connectivity index (χ0) is 5.98. The van der Waals surface area contributed by atoms with Gasteiger partial charge in [0, 0.05) is 13.1 Å². The molecule has 1 heterocycles. The molecule has 0 aromatic carbocycles. The smallest absolute Gasteiger partial charge is 0.160 e. The standard InChI is InChI=1S/C5H9Cl2N/c6-5(7)8-3-1-2-4-8/h5H,1-4H2. The molecule has 0 aromatic rings. The maximum absolute atomic E-state index is 5.58. The van der Waals surface area contributed by atoms with Gasteiger partial charge in [-0.15, -0.1) is 0 Å². The summed E-state index contributed by atoms with van der Waals surface area (Å²) in [6.07, 6.45) is 2.49. The van der Waals surface area contributed by atoms with E-state index in [4.69, 9.17) is 23.2 Å². The maximum atomic E-state index is 5.58. The van der Waals surface area contributed by atoms with Crippen LogP contribution in [0.15, 0.2) is 0 Å². The van der Waals surface area contributed by atoms with Crippen molar-refractivity contribution in [3.8, 4) is 0 Å². The molecule has 0 bridgehead atoms. The van der Waals surface area contributed by atoms with Crippen LogP contribution in [-0.4, -0.2) is 22.9 Å². The second-order valence-corrected chi connectivity index (χ2v) is 3.07. The van der Waals surface area contributed by atoms with Gasteiger partial charge >= 0.3 is 0 Å². The molecule has 8 heavy (non-hydrogen) atoms. The minimum atomic E-state index is -0.280. The van der Waals surface area contributed by atoms with Gasteiger partial charge in [0.25, 0.3) is 0 Å². The first kappa shape index (κ1) is 6.66. The molecule has 1 aliphatic heterocycles. The van der Waals surface area contributed by atoms with E-state index < -0.39 is 0 Å². The van der Waals surface area contributed by atoms with Crippen molar-refractivity contribution in [1.29, 1.82) is 0 Å². The second kappa shape index (κ2) is 2.90. The molecule has 0 aliphatic carbocycles. The van der Waals surface area contributed by atoms with Gasteiger partial charge in [-0.2, -0.15) is 0 Å². The summed E-state index contributed by atoms with van der Waals surface area (Å²) in [5.74, 6) is 0. The lowest BCUT2D eigenvalue weighted by Gasteiger charge is -2.13. The minimum Gasteiger partial charge on any atom is -0.275 e. The fourth-order valence-corrected chi connectivity index (χ4v) is 1.33. The molecular weight excluding hydrogens is 145 g/mol. The quantitative estimate of drug-likeness (QED) is 0.411. The van der Waals surface area contributed by atoms with Crippen LogP contribution in [0.4, 0.5) is 0 Å². The van der Waals surface area contributed by atoms with Gasteiger partial charge in [0.05, 0.1) is 0 Å². The van der Waals surface area contributed by atoms with Crippen LogP contribution in [0.5, 0.6) is 0 Å². The molecule has 0 spiro atoms. The lowest BCUT2D eigenvalue weighted by molar-refractivity contribution is 0.370. The Kier molecular flexibility index (Phi) is 2.42. The van der Waals surface area contributed by atoms with E-state index in [0.717, 1.165) is 13.1 Å². The Balaban J connectivity index is 2.24. The van der Waals surface area contributed by atoms with E-state index in [1.165, 1.54) is 12.8 Å². The molecule has 0 amide bonds. The van der Waals surface area contributed by atoms with Crippen molar-refractivity contribution in [2.24, 2.45) is 0 Å². The zero-order valence-corrected chi connectivity index (χ0v) is 6.12. The van der Waals surface area contributed by atoms with E-state index in [2.05, 4.69) is 4.90 Å². The van der Waals surface area contributed by atoms with Gasteiger partial charge in [-0.3, -0.25) is 4.90 Å². The molecule has 3 heteroatoms. The van der Waals surface area contributed by atoms with Crippen LogP contribution in [0.3, 0.4) is 0 Å². The summed E-state index contributed by atoms with van der Waals surface area (Å²) in [6.45, 7) is 2.13. The minimum absolute atomic E-state index is 0.280. The number of hydrogen-bond donors (Lipinski definition) is 0. The Morgan fingerprint density at radius 3 is 1.88 bits per heavy atom. The van der Waals surface area contributed by atoms with Gasteiger partial charge in [-0.25, -0.2) is 0 Å². The van der Waals surface area contributed by atoms with E-state index in [-0.39, 0.29) is 4.96 Å². The molecule has 1 aliphatic rings. The summed E-state index contributed by atoms with van der Waals surface area (Å²) in [5.41, 5.74) is 0. The SMILES string of the molecule is ClC(Cl)N1CCCC1. The lowest BCUT2D eigenvalue weighted by atomic mass is 10.4. The molecule has 0 aromatic heterocycles. The fraction of sp³-hybridized carbons (Fsp3) is 1.00. The number of alkyl halides is 2. The van der Waals surface area contributed by atoms with Crippen molar-refractivity contribution >= 4 is 23.2 Å². The lowest BCUT2D eigenvalue weighted by Crippen LogP contribution is -2.23. The van der Waals surface area contributed by atoms with Crippen molar-refractivity contribution in [3.63, 3.8) is 0 Å². The Hall–Kier alpha value is 0.540. The molecule has 0 unspecified atom stereocenters. The normalized spacial score (nSPS) is 22.9. The molecule has 1 rings (SSSR count). The van der Waals surface area contributed by atoms with Gasteiger partial charge in [0.2, 0.25) is 0 Å². The largest absolute Gasteiger partial charge is 0.275 e. The summed E-state index contributed by atoms with van der Waals surface area (Å²) in [5, 5.41) is 0. The summed E-state index contributed by atoms with van der Waals surface area (Å²) < 4.78 is 0. The Bertz CT molecular complexity index is 68.8. The van der Waals surface area contributed by atoms with Crippen molar-refractivity contribution in [3.05, 3.63) is 0 Å². The second-order valence-electron chi connectivity index (χ2n) is 2.02. The Labute approximate surface area is 59.6 Å². The summed E-state index contributed by atoms with van der Waals surface area (Å²) in [6, 6.07) is 0. The number of hydrogen-bond acceptors (Lipinski definition) is 1. The molecule has 1 nitrogen and oxygen atoms in total. The Morgan fingerprint density at radius 2 is 1.62 bits per heavy atom. The van der Waals surface area contributed by atoms with Gasteiger partial charge in [0.1, 0.15) is 0 Å². The zero-order valence-electron chi connectivity index (χ0n) is 4.61. The third-order valence-corrected chi connectivity index (χ3v) is 1.97. The average molecular weight is 154 g/mol. The summed E-state index contributed by atoms with van der Waals surface area (Å²) in [7, 11) is 0. The molecule has 0 saturated carbocycles.